The fourth-order valence-corrected chi connectivity index (χ4v) is 4.81. The Hall–Kier alpha value is -2.59. The summed E-state index contributed by atoms with van der Waals surface area (Å²) in [6.45, 7) is 0. The molecule has 0 unspecified atom stereocenters. The van der Waals surface area contributed by atoms with Crippen molar-refractivity contribution < 1.29 is 19.1 Å². The third kappa shape index (κ3) is 1.89. The molecule has 1 saturated carbocycles. The lowest BCUT2D eigenvalue weighted by atomic mass is 9.75. The van der Waals surface area contributed by atoms with E-state index in [9.17, 15) is 9.90 Å². The molecule has 1 fully saturated rings. The standard InChI is InChI=1S/C21H18O4/c1-24-20(22)12-6-7-14-13-9-17(16(14)8-12)21(23,10-13)18-11-25-19-5-3-2-4-15(18)19/h2-8,11,13,17,23H,9-10H2,1H3/t13-,17-,21+/m0/s1. The van der Waals surface area contributed by atoms with Gasteiger partial charge >= 0.3 is 5.97 Å². The normalized spacial score (nSPS) is 26.8. The zero-order valence-electron chi connectivity index (χ0n) is 13.9. The van der Waals surface area contributed by atoms with Crippen molar-refractivity contribution in [2.24, 2.45) is 0 Å². The summed E-state index contributed by atoms with van der Waals surface area (Å²) in [6.07, 6.45) is 3.27. The predicted octanol–water partition coefficient (Wildman–Crippen LogP) is 4.08. The van der Waals surface area contributed by atoms with Gasteiger partial charge in [-0.3, -0.25) is 0 Å². The van der Waals surface area contributed by atoms with Crippen LogP contribution in [0.25, 0.3) is 11.0 Å². The van der Waals surface area contributed by atoms with Crippen molar-refractivity contribution in [3.8, 4) is 0 Å². The van der Waals surface area contributed by atoms with Crippen LogP contribution in [0.5, 0.6) is 0 Å². The first-order valence-electron chi connectivity index (χ1n) is 8.53. The molecular weight excluding hydrogens is 316 g/mol. The number of rotatable bonds is 2. The minimum Gasteiger partial charge on any atom is -0.465 e. The maximum atomic E-state index is 11.9. The second-order valence-electron chi connectivity index (χ2n) is 7.09. The van der Waals surface area contributed by atoms with Gasteiger partial charge in [-0.15, -0.1) is 0 Å². The quantitative estimate of drug-likeness (QED) is 0.717. The molecule has 0 aliphatic heterocycles. The average molecular weight is 334 g/mol. The highest BCUT2D eigenvalue weighted by atomic mass is 16.5. The van der Waals surface area contributed by atoms with Crippen LogP contribution in [-0.2, 0) is 10.3 Å². The first-order chi connectivity index (χ1) is 12.1. The van der Waals surface area contributed by atoms with E-state index >= 15 is 0 Å². The zero-order chi connectivity index (χ0) is 17.2. The highest BCUT2D eigenvalue weighted by Gasteiger charge is 2.55. The molecule has 2 aromatic carbocycles. The molecule has 0 amide bonds. The Morgan fingerprint density at radius 1 is 1.24 bits per heavy atom. The number of furan rings is 1. The van der Waals surface area contributed by atoms with Crippen LogP contribution in [0.4, 0.5) is 0 Å². The molecule has 1 aromatic heterocycles. The lowest BCUT2D eigenvalue weighted by molar-refractivity contribution is 0.0215. The van der Waals surface area contributed by atoms with Gasteiger partial charge in [-0.25, -0.2) is 4.79 Å². The molecule has 126 valence electrons. The van der Waals surface area contributed by atoms with Crippen molar-refractivity contribution in [1.29, 1.82) is 0 Å². The summed E-state index contributed by atoms with van der Waals surface area (Å²) in [5, 5.41) is 12.6. The second-order valence-corrected chi connectivity index (χ2v) is 7.09. The monoisotopic (exact) mass is 334 g/mol. The third-order valence-corrected chi connectivity index (χ3v) is 5.92. The number of carbonyl (C=O) groups is 1. The summed E-state index contributed by atoms with van der Waals surface area (Å²) in [4.78, 5) is 11.9. The van der Waals surface area contributed by atoms with Gasteiger partial charge in [0.15, 0.2) is 0 Å². The third-order valence-electron chi connectivity index (χ3n) is 5.92. The fraction of sp³-hybridized carbons (Fsp3) is 0.286. The molecule has 2 aliphatic carbocycles. The molecule has 1 N–H and O–H groups in total. The van der Waals surface area contributed by atoms with Crippen LogP contribution in [0.3, 0.4) is 0 Å². The molecule has 25 heavy (non-hydrogen) atoms. The smallest absolute Gasteiger partial charge is 0.337 e. The molecule has 4 heteroatoms. The van der Waals surface area contributed by atoms with Crippen LogP contribution >= 0.6 is 0 Å². The summed E-state index contributed by atoms with van der Waals surface area (Å²) in [6, 6.07) is 13.5. The molecule has 3 aromatic rings. The van der Waals surface area contributed by atoms with E-state index in [0.29, 0.717) is 17.9 Å². The van der Waals surface area contributed by atoms with E-state index in [1.54, 1.807) is 6.26 Å². The SMILES string of the molecule is COC(=O)c1ccc2c(c1)[C@@H]1C[C@H]2C[C@]1(O)c1coc2ccccc12. The molecule has 0 saturated heterocycles. The number of fused-ring (bicyclic) bond motifs is 6. The summed E-state index contributed by atoms with van der Waals surface area (Å²) in [5.74, 6) is -0.0636. The van der Waals surface area contributed by atoms with E-state index in [-0.39, 0.29) is 11.9 Å². The highest BCUT2D eigenvalue weighted by molar-refractivity contribution is 5.90. The van der Waals surface area contributed by atoms with Gasteiger partial charge in [-0.2, -0.15) is 0 Å². The van der Waals surface area contributed by atoms with E-state index in [4.69, 9.17) is 9.15 Å². The fourth-order valence-electron chi connectivity index (χ4n) is 4.81. The van der Waals surface area contributed by atoms with Crippen molar-refractivity contribution in [3.05, 3.63) is 71.0 Å². The van der Waals surface area contributed by atoms with Crippen LogP contribution in [0, 0.1) is 0 Å². The minimum atomic E-state index is -0.959. The molecular formula is C21H18O4. The number of methoxy groups -OCH3 is 1. The van der Waals surface area contributed by atoms with Crippen LogP contribution in [-0.4, -0.2) is 18.2 Å². The Morgan fingerprint density at radius 3 is 2.92 bits per heavy atom. The average Bonchev–Trinajstić information content (AvgIpc) is 3.32. The minimum absolute atomic E-state index is 0.0295. The summed E-state index contributed by atoms with van der Waals surface area (Å²) >= 11 is 0. The molecule has 3 atom stereocenters. The van der Waals surface area contributed by atoms with Crippen LogP contribution in [0.15, 0.2) is 53.1 Å². The number of carbonyl (C=O) groups excluding carboxylic acids is 1. The van der Waals surface area contributed by atoms with E-state index in [1.807, 2.05) is 42.5 Å². The lowest BCUT2D eigenvalue weighted by Crippen LogP contribution is -2.31. The number of ether oxygens (including phenoxy) is 1. The Balaban J connectivity index is 1.64. The summed E-state index contributed by atoms with van der Waals surface area (Å²) < 4.78 is 10.5. The number of para-hydroxylation sites is 1. The number of hydrogen-bond donors (Lipinski definition) is 1. The molecule has 2 aliphatic rings. The molecule has 1 heterocycles. The van der Waals surface area contributed by atoms with Gasteiger partial charge in [-0.05, 0) is 48.1 Å². The van der Waals surface area contributed by atoms with Gasteiger partial charge in [0.2, 0.25) is 0 Å². The number of aliphatic hydroxyl groups is 1. The maximum absolute atomic E-state index is 11.9. The highest BCUT2D eigenvalue weighted by Crippen LogP contribution is 2.62. The molecule has 5 rings (SSSR count). The van der Waals surface area contributed by atoms with Crippen molar-refractivity contribution in [3.63, 3.8) is 0 Å². The Labute approximate surface area is 145 Å². The van der Waals surface area contributed by atoms with Crippen molar-refractivity contribution in [1.82, 2.24) is 0 Å². The summed E-state index contributed by atoms with van der Waals surface area (Å²) in [5.41, 5.74) is 3.52. The van der Waals surface area contributed by atoms with Crippen molar-refractivity contribution in [2.45, 2.75) is 30.3 Å². The number of esters is 1. The van der Waals surface area contributed by atoms with E-state index in [1.165, 1.54) is 12.7 Å². The Kier molecular flexibility index (Phi) is 2.92. The largest absolute Gasteiger partial charge is 0.465 e. The maximum Gasteiger partial charge on any atom is 0.337 e. The first-order valence-corrected chi connectivity index (χ1v) is 8.53. The van der Waals surface area contributed by atoms with Gasteiger partial charge < -0.3 is 14.3 Å². The van der Waals surface area contributed by atoms with Crippen LogP contribution in [0.1, 0.15) is 51.7 Å². The lowest BCUT2D eigenvalue weighted by Gasteiger charge is -2.33. The number of benzene rings is 2. The van der Waals surface area contributed by atoms with Crippen LogP contribution in [0.2, 0.25) is 0 Å². The topological polar surface area (TPSA) is 59.7 Å². The van der Waals surface area contributed by atoms with Gasteiger partial charge in [0, 0.05) is 16.9 Å². The predicted molar refractivity (Wildman–Crippen MR) is 92.6 cm³/mol. The van der Waals surface area contributed by atoms with Gasteiger partial charge in [-0.1, -0.05) is 24.3 Å². The van der Waals surface area contributed by atoms with Gasteiger partial charge in [0.25, 0.3) is 0 Å². The second kappa shape index (κ2) is 4.96. The van der Waals surface area contributed by atoms with Crippen molar-refractivity contribution >= 4 is 16.9 Å². The van der Waals surface area contributed by atoms with E-state index in [2.05, 4.69) is 0 Å². The molecule has 2 bridgehead atoms. The van der Waals surface area contributed by atoms with E-state index < -0.39 is 5.60 Å². The first kappa shape index (κ1) is 14.7. The Morgan fingerprint density at radius 2 is 2.08 bits per heavy atom. The zero-order valence-corrected chi connectivity index (χ0v) is 13.9. The van der Waals surface area contributed by atoms with Crippen LogP contribution < -0.4 is 0 Å². The summed E-state index contributed by atoms with van der Waals surface area (Å²) in [7, 11) is 1.38. The molecule has 0 spiro atoms. The van der Waals surface area contributed by atoms with Gasteiger partial charge in [0.1, 0.15) is 11.2 Å². The Bertz CT molecular complexity index is 1000. The van der Waals surface area contributed by atoms with Gasteiger partial charge in [0.05, 0.1) is 18.9 Å². The number of hydrogen-bond acceptors (Lipinski definition) is 4. The van der Waals surface area contributed by atoms with Crippen molar-refractivity contribution in [2.75, 3.05) is 7.11 Å². The molecule has 0 radical (unpaired) electrons. The molecule has 4 nitrogen and oxygen atoms in total. The van der Waals surface area contributed by atoms with E-state index in [0.717, 1.165) is 28.5 Å².